The predicted octanol–water partition coefficient (Wildman–Crippen LogP) is 0.415. The van der Waals surface area contributed by atoms with Gasteiger partial charge in [-0.1, -0.05) is 12.1 Å². The van der Waals surface area contributed by atoms with Crippen LogP contribution in [0.5, 0.6) is 5.75 Å². The van der Waals surface area contributed by atoms with Gasteiger partial charge in [0, 0.05) is 14.2 Å². The zero-order valence-corrected chi connectivity index (χ0v) is 9.27. The number of benzene rings is 1. The van der Waals surface area contributed by atoms with Crippen molar-refractivity contribution in [1.82, 2.24) is 0 Å². The molecule has 1 aromatic rings. The van der Waals surface area contributed by atoms with E-state index in [0.29, 0.717) is 0 Å². The van der Waals surface area contributed by atoms with Gasteiger partial charge in [0.2, 0.25) is 0 Å². The van der Waals surface area contributed by atoms with E-state index in [0.717, 1.165) is 10.9 Å². The molecule has 1 aromatic carbocycles. The Hall–Kier alpha value is -0.843. The third-order valence-corrected chi connectivity index (χ3v) is 3.60. The average molecular weight is 198 g/mol. The van der Waals surface area contributed by atoms with Crippen molar-refractivity contribution in [1.29, 1.82) is 0 Å². The second kappa shape index (κ2) is 5.01. The first-order chi connectivity index (χ1) is 6.31. The summed E-state index contributed by atoms with van der Waals surface area (Å²) in [7, 11) is 3.35. The molecule has 0 bridgehead atoms. The van der Waals surface area contributed by atoms with Gasteiger partial charge >= 0.3 is 9.28 Å². The molecule has 0 aliphatic carbocycles. The number of rotatable bonds is 4. The Morgan fingerprint density at radius 3 is 1.85 bits per heavy atom. The molecule has 0 atom stereocenters. The molecule has 13 heavy (non-hydrogen) atoms. The molecule has 3 nitrogen and oxygen atoms in total. The number of methoxy groups -OCH3 is 1. The molecule has 72 valence electrons. The van der Waals surface area contributed by atoms with Crippen molar-refractivity contribution in [2.45, 2.75) is 0 Å². The third-order valence-electron chi connectivity index (χ3n) is 1.82. The molecular weight excluding hydrogens is 184 g/mol. The lowest BCUT2D eigenvalue weighted by molar-refractivity contribution is 0.292. The largest absolute Gasteiger partial charge is 0.497 e. The highest BCUT2D eigenvalue weighted by atomic mass is 28.3. The van der Waals surface area contributed by atoms with Gasteiger partial charge in [-0.05, 0) is 17.3 Å². The summed E-state index contributed by atoms with van der Waals surface area (Å²) in [6, 6.07) is 7.77. The van der Waals surface area contributed by atoms with E-state index in [1.165, 1.54) is 0 Å². The molecular formula is C9H14O3Si. The Labute approximate surface area is 80.1 Å². The number of ether oxygens (including phenoxy) is 1. The molecule has 0 N–H and O–H groups in total. The first-order valence-corrected chi connectivity index (χ1v) is 5.53. The van der Waals surface area contributed by atoms with E-state index in [9.17, 15) is 0 Å². The molecule has 0 fully saturated rings. The quantitative estimate of drug-likeness (QED) is 0.656. The second-order valence-corrected chi connectivity index (χ2v) is 4.85. The van der Waals surface area contributed by atoms with Crippen molar-refractivity contribution in [3.63, 3.8) is 0 Å². The number of hydrogen-bond donors (Lipinski definition) is 0. The van der Waals surface area contributed by atoms with Crippen LogP contribution in [0.15, 0.2) is 24.3 Å². The molecule has 0 aromatic heterocycles. The minimum absolute atomic E-state index is 0.851. The molecule has 4 heteroatoms. The normalized spacial score (nSPS) is 10.5. The van der Waals surface area contributed by atoms with Gasteiger partial charge in [-0.2, -0.15) is 0 Å². The van der Waals surface area contributed by atoms with E-state index in [1.54, 1.807) is 21.3 Å². The monoisotopic (exact) mass is 198 g/mol. The smallest absolute Gasteiger partial charge is 0.355 e. The van der Waals surface area contributed by atoms with E-state index >= 15 is 0 Å². The summed E-state index contributed by atoms with van der Waals surface area (Å²) in [6.07, 6.45) is 0. The van der Waals surface area contributed by atoms with Crippen LogP contribution in [-0.2, 0) is 8.85 Å². The Morgan fingerprint density at radius 2 is 1.46 bits per heavy atom. The summed E-state index contributed by atoms with van der Waals surface area (Å²) >= 11 is 0. The Bertz CT molecular complexity index is 244. The fraction of sp³-hybridized carbons (Fsp3) is 0.333. The van der Waals surface area contributed by atoms with Gasteiger partial charge in [0.1, 0.15) is 5.75 Å². The third kappa shape index (κ3) is 2.55. The van der Waals surface area contributed by atoms with Gasteiger partial charge < -0.3 is 13.6 Å². The zero-order chi connectivity index (χ0) is 9.68. The maximum Gasteiger partial charge on any atom is 0.355 e. The molecule has 0 saturated heterocycles. The van der Waals surface area contributed by atoms with E-state index in [-0.39, 0.29) is 0 Å². The lowest BCUT2D eigenvalue weighted by atomic mass is 10.3. The summed E-state index contributed by atoms with van der Waals surface area (Å²) in [5, 5.41) is 1.12. The van der Waals surface area contributed by atoms with Crippen molar-refractivity contribution in [3.8, 4) is 5.75 Å². The average Bonchev–Trinajstić information content (AvgIpc) is 2.21. The molecule has 1 rings (SSSR count). The van der Waals surface area contributed by atoms with Crippen LogP contribution in [0.1, 0.15) is 0 Å². The number of hydrogen-bond acceptors (Lipinski definition) is 3. The van der Waals surface area contributed by atoms with Crippen LogP contribution in [0, 0.1) is 0 Å². The van der Waals surface area contributed by atoms with E-state index in [4.69, 9.17) is 13.6 Å². The summed E-state index contributed by atoms with van der Waals surface area (Å²) in [4.78, 5) is 0. The van der Waals surface area contributed by atoms with Crippen molar-refractivity contribution >= 4 is 14.5 Å². The lowest BCUT2D eigenvalue weighted by Gasteiger charge is -2.11. The fourth-order valence-corrected chi connectivity index (χ4v) is 2.37. The van der Waals surface area contributed by atoms with E-state index < -0.39 is 9.28 Å². The molecule has 0 aliphatic heterocycles. The van der Waals surface area contributed by atoms with Crippen LogP contribution in [0.2, 0.25) is 0 Å². The topological polar surface area (TPSA) is 27.7 Å². The molecule has 0 unspecified atom stereocenters. The van der Waals surface area contributed by atoms with E-state index in [2.05, 4.69) is 0 Å². The van der Waals surface area contributed by atoms with Gasteiger partial charge in [-0.25, -0.2) is 0 Å². The SMILES string of the molecule is COc1ccc([SiH](OC)OC)cc1. The molecule has 0 heterocycles. The summed E-state index contributed by atoms with van der Waals surface area (Å²) in [5.41, 5.74) is 0. The van der Waals surface area contributed by atoms with Gasteiger partial charge in [0.05, 0.1) is 7.11 Å². The predicted molar refractivity (Wildman–Crippen MR) is 53.8 cm³/mol. The second-order valence-electron chi connectivity index (χ2n) is 2.58. The lowest BCUT2D eigenvalue weighted by Crippen LogP contribution is -2.34. The van der Waals surface area contributed by atoms with Crippen molar-refractivity contribution in [3.05, 3.63) is 24.3 Å². The Morgan fingerprint density at radius 1 is 0.923 bits per heavy atom. The standard InChI is InChI=1S/C9H14O3Si/c1-10-8-4-6-9(7-5-8)13(11-2)12-3/h4-7,13H,1-3H3. The summed E-state index contributed by atoms with van der Waals surface area (Å²) in [6.45, 7) is 0. The van der Waals surface area contributed by atoms with Gasteiger partial charge in [-0.15, -0.1) is 0 Å². The van der Waals surface area contributed by atoms with E-state index in [1.807, 2.05) is 24.3 Å². The first-order valence-electron chi connectivity index (χ1n) is 4.01. The highest BCUT2D eigenvalue weighted by Gasteiger charge is 2.12. The zero-order valence-electron chi connectivity index (χ0n) is 8.11. The van der Waals surface area contributed by atoms with Crippen LogP contribution in [0.25, 0.3) is 0 Å². The van der Waals surface area contributed by atoms with Gasteiger partial charge in [-0.3, -0.25) is 0 Å². The first kappa shape index (κ1) is 10.2. The van der Waals surface area contributed by atoms with Crippen LogP contribution < -0.4 is 9.92 Å². The minimum atomic E-state index is -1.64. The van der Waals surface area contributed by atoms with Crippen LogP contribution >= 0.6 is 0 Å². The highest BCUT2D eigenvalue weighted by molar-refractivity contribution is 6.61. The molecule has 0 spiro atoms. The maximum atomic E-state index is 5.23. The van der Waals surface area contributed by atoms with Crippen molar-refractivity contribution in [2.75, 3.05) is 21.3 Å². The van der Waals surface area contributed by atoms with Crippen LogP contribution in [0.3, 0.4) is 0 Å². The van der Waals surface area contributed by atoms with Crippen LogP contribution in [-0.4, -0.2) is 30.6 Å². The molecule has 0 amide bonds. The maximum absolute atomic E-state index is 5.23. The van der Waals surface area contributed by atoms with Crippen LogP contribution in [0.4, 0.5) is 0 Å². The molecule has 0 radical (unpaired) electrons. The van der Waals surface area contributed by atoms with Gasteiger partial charge in [0.25, 0.3) is 0 Å². The Kier molecular flexibility index (Phi) is 3.95. The minimum Gasteiger partial charge on any atom is -0.497 e. The van der Waals surface area contributed by atoms with Crippen molar-refractivity contribution in [2.24, 2.45) is 0 Å². The molecule has 0 aliphatic rings. The fourth-order valence-electron chi connectivity index (χ4n) is 1.13. The molecule has 0 saturated carbocycles. The summed E-state index contributed by atoms with van der Waals surface area (Å²) < 4.78 is 15.5. The summed E-state index contributed by atoms with van der Waals surface area (Å²) in [5.74, 6) is 0.851. The highest BCUT2D eigenvalue weighted by Crippen LogP contribution is 2.06. The van der Waals surface area contributed by atoms with Gasteiger partial charge in [0.15, 0.2) is 0 Å². The van der Waals surface area contributed by atoms with Crippen molar-refractivity contribution < 1.29 is 13.6 Å². The Balaban J connectivity index is 2.78.